The molecule has 5 nitrogen and oxygen atoms in total. The molecule has 2 heterocycles. The number of carbonyl (C=O) groups excluding carboxylic acids is 1. The van der Waals surface area contributed by atoms with Crippen molar-refractivity contribution in [1.29, 1.82) is 0 Å². The van der Waals surface area contributed by atoms with Crippen LogP contribution in [0.2, 0.25) is 5.02 Å². The number of morpholine rings is 1. The van der Waals surface area contributed by atoms with Crippen molar-refractivity contribution >= 4 is 17.5 Å². The maximum absolute atomic E-state index is 14.0. The van der Waals surface area contributed by atoms with Crippen LogP contribution in [0.3, 0.4) is 0 Å². The second-order valence-electron chi connectivity index (χ2n) is 6.64. The number of ether oxygens (including phenoxy) is 1. The van der Waals surface area contributed by atoms with E-state index < -0.39 is 0 Å². The van der Waals surface area contributed by atoms with Gasteiger partial charge < -0.3 is 15.0 Å². The molecular weight excluding hydrogens is 345 g/mol. The second kappa shape index (κ2) is 8.94. The van der Waals surface area contributed by atoms with Crippen molar-refractivity contribution in [2.75, 3.05) is 45.9 Å². The molecule has 1 N–H and O–H groups in total. The summed E-state index contributed by atoms with van der Waals surface area (Å²) in [6.45, 7) is 5.55. The average molecular weight is 370 g/mol. The predicted octanol–water partition coefficient (Wildman–Crippen LogP) is 1.89. The first-order valence-electron chi connectivity index (χ1n) is 8.87. The van der Waals surface area contributed by atoms with Gasteiger partial charge in [0.05, 0.1) is 13.2 Å². The fourth-order valence-electron chi connectivity index (χ4n) is 3.38. The van der Waals surface area contributed by atoms with Gasteiger partial charge in [-0.05, 0) is 18.6 Å². The number of amides is 1. The van der Waals surface area contributed by atoms with Crippen LogP contribution >= 0.6 is 11.6 Å². The summed E-state index contributed by atoms with van der Waals surface area (Å²) in [5.41, 5.74) is 0.535. The lowest BCUT2D eigenvalue weighted by Gasteiger charge is -2.27. The molecule has 2 fully saturated rings. The Kier molecular flexibility index (Phi) is 6.64. The number of halogens is 2. The molecular formula is C18H25ClFN3O2. The molecule has 2 aliphatic rings. The first-order valence-corrected chi connectivity index (χ1v) is 9.25. The standard InChI is InChI=1S/C18H25ClFN3O2/c19-16-3-1-4-17(20)15(16)12-22-6-2-7-23(9-8-22)18(24)11-14-13-25-10-5-21-14/h1,3-4,14,21H,2,5-13H2. The molecule has 1 atom stereocenters. The molecule has 1 aromatic rings. The highest BCUT2D eigenvalue weighted by Gasteiger charge is 2.24. The van der Waals surface area contributed by atoms with Crippen molar-refractivity contribution in [2.24, 2.45) is 0 Å². The van der Waals surface area contributed by atoms with Gasteiger partial charge >= 0.3 is 0 Å². The lowest BCUT2D eigenvalue weighted by Crippen LogP contribution is -2.45. The summed E-state index contributed by atoms with van der Waals surface area (Å²) in [6.07, 6.45) is 1.35. The zero-order valence-corrected chi connectivity index (χ0v) is 15.1. The molecule has 0 spiro atoms. The molecule has 25 heavy (non-hydrogen) atoms. The van der Waals surface area contributed by atoms with Crippen molar-refractivity contribution in [2.45, 2.75) is 25.4 Å². The summed E-state index contributed by atoms with van der Waals surface area (Å²) in [4.78, 5) is 16.6. The number of carbonyl (C=O) groups is 1. The third-order valence-electron chi connectivity index (χ3n) is 4.80. The van der Waals surface area contributed by atoms with Crippen LogP contribution in [-0.2, 0) is 16.1 Å². The van der Waals surface area contributed by atoms with Crippen LogP contribution in [0.25, 0.3) is 0 Å². The monoisotopic (exact) mass is 369 g/mol. The summed E-state index contributed by atoms with van der Waals surface area (Å²) in [5, 5.41) is 3.78. The quantitative estimate of drug-likeness (QED) is 0.880. The Balaban J connectivity index is 1.52. The van der Waals surface area contributed by atoms with Gasteiger partial charge in [-0.1, -0.05) is 17.7 Å². The molecule has 0 bridgehead atoms. The molecule has 2 aliphatic heterocycles. The van der Waals surface area contributed by atoms with Crippen molar-refractivity contribution in [3.05, 3.63) is 34.6 Å². The Labute approximate surface area is 153 Å². The summed E-state index contributed by atoms with van der Waals surface area (Å²) < 4.78 is 19.4. The summed E-state index contributed by atoms with van der Waals surface area (Å²) in [5.74, 6) is -0.109. The van der Waals surface area contributed by atoms with E-state index in [1.165, 1.54) is 6.07 Å². The number of rotatable bonds is 4. The summed E-state index contributed by atoms with van der Waals surface area (Å²) >= 11 is 6.13. The van der Waals surface area contributed by atoms with E-state index in [0.29, 0.717) is 43.3 Å². The molecule has 1 unspecified atom stereocenters. The predicted molar refractivity (Wildman–Crippen MR) is 95.1 cm³/mol. The molecule has 0 aliphatic carbocycles. The van der Waals surface area contributed by atoms with E-state index >= 15 is 0 Å². The van der Waals surface area contributed by atoms with Gasteiger partial charge in [-0.2, -0.15) is 0 Å². The molecule has 138 valence electrons. The molecule has 3 rings (SSSR count). The molecule has 2 saturated heterocycles. The van der Waals surface area contributed by atoms with Gasteiger partial charge in [0.2, 0.25) is 5.91 Å². The third kappa shape index (κ3) is 5.14. The van der Waals surface area contributed by atoms with Crippen molar-refractivity contribution in [1.82, 2.24) is 15.1 Å². The highest BCUT2D eigenvalue weighted by Crippen LogP contribution is 2.21. The zero-order chi connectivity index (χ0) is 17.6. The number of benzene rings is 1. The topological polar surface area (TPSA) is 44.8 Å². The number of hydrogen-bond donors (Lipinski definition) is 1. The average Bonchev–Trinajstić information content (AvgIpc) is 2.85. The van der Waals surface area contributed by atoms with Crippen molar-refractivity contribution < 1.29 is 13.9 Å². The van der Waals surface area contributed by atoms with Gasteiger partial charge in [0.15, 0.2) is 0 Å². The lowest BCUT2D eigenvalue weighted by atomic mass is 10.1. The van der Waals surface area contributed by atoms with Crippen LogP contribution in [-0.4, -0.2) is 67.7 Å². The second-order valence-corrected chi connectivity index (χ2v) is 7.05. The molecule has 7 heteroatoms. The van der Waals surface area contributed by atoms with Crippen LogP contribution in [0.4, 0.5) is 4.39 Å². The Bertz CT molecular complexity index is 575. The fourth-order valence-corrected chi connectivity index (χ4v) is 3.60. The first kappa shape index (κ1) is 18.6. The van der Waals surface area contributed by atoms with Gasteiger partial charge in [-0.3, -0.25) is 9.69 Å². The minimum Gasteiger partial charge on any atom is -0.378 e. The normalized spacial score (nSPS) is 22.6. The van der Waals surface area contributed by atoms with Crippen LogP contribution < -0.4 is 5.32 Å². The Hall–Kier alpha value is -1.21. The minimum atomic E-state index is -0.270. The van der Waals surface area contributed by atoms with Crippen LogP contribution in [0.15, 0.2) is 18.2 Å². The van der Waals surface area contributed by atoms with E-state index in [2.05, 4.69) is 10.2 Å². The smallest absolute Gasteiger partial charge is 0.224 e. The number of nitrogens with zero attached hydrogens (tertiary/aromatic N) is 2. The molecule has 0 saturated carbocycles. The van der Waals surface area contributed by atoms with Gasteiger partial charge in [0.25, 0.3) is 0 Å². The lowest BCUT2D eigenvalue weighted by molar-refractivity contribution is -0.132. The zero-order valence-electron chi connectivity index (χ0n) is 14.3. The van der Waals surface area contributed by atoms with Gasteiger partial charge in [0.1, 0.15) is 5.82 Å². The van der Waals surface area contributed by atoms with E-state index in [1.54, 1.807) is 12.1 Å². The minimum absolute atomic E-state index is 0.109. The van der Waals surface area contributed by atoms with Crippen LogP contribution in [0.1, 0.15) is 18.4 Å². The Morgan fingerprint density at radius 1 is 1.32 bits per heavy atom. The fraction of sp³-hybridized carbons (Fsp3) is 0.611. The summed E-state index contributed by atoms with van der Waals surface area (Å²) in [6, 6.07) is 4.88. The van der Waals surface area contributed by atoms with Crippen LogP contribution in [0, 0.1) is 5.82 Å². The van der Waals surface area contributed by atoms with E-state index in [4.69, 9.17) is 16.3 Å². The van der Waals surface area contributed by atoms with E-state index in [0.717, 1.165) is 32.6 Å². The maximum atomic E-state index is 14.0. The molecule has 1 amide bonds. The van der Waals surface area contributed by atoms with E-state index in [-0.39, 0.29) is 17.8 Å². The molecule has 0 aromatic heterocycles. The van der Waals surface area contributed by atoms with Gasteiger partial charge in [-0.15, -0.1) is 0 Å². The van der Waals surface area contributed by atoms with Crippen molar-refractivity contribution in [3.8, 4) is 0 Å². The highest BCUT2D eigenvalue weighted by atomic mass is 35.5. The molecule has 0 radical (unpaired) electrons. The van der Waals surface area contributed by atoms with E-state index in [9.17, 15) is 9.18 Å². The largest absolute Gasteiger partial charge is 0.378 e. The Morgan fingerprint density at radius 3 is 2.96 bits per heavy atom. The molecule has 1 aromatic carbocycles. The SMILES string of the molecule is O=C(CC1COCCN1)N1CCCN(Cc2c(F)cccc2Cl)CC1. The van der Waals surface area contributed by atoms with Gasteiger partial charge in [-0.25, -0.2) is 4.39 Å². The third-order valence-corrected chi connectivity index (χ3v) is 5.16. The van der Waals surface area contributed by atoms with Gasteiger partial charge in [0, 0.05) is 62.3 Å². The van der Waals surface area contributed by atoms with Crippen LogP contribution in [0.5, 0.6) is 0 Å². The number of nitrogens with one attached hydrogen (secondary N) is 1. The summed E-state index contributed by atoms with van der Waals surface area (Å²) in [7, 11) is 0. The van der Waals surface area contributed by atoms with Crippen molar-refractivity contribution in [3.63, 3.8) is 0 Å². The first-order chi connectivity index (χ1) is 12.1. The number of hydrogen-bond acceptors (Lipinski definition) is 4. The van der Waals surface area contributed by atoms with E-state index in [1.807, 2.05) is 4.90 Å². The highest BCUT2D eigenvalue weighted by molar-refractivity contribution is 6.31. The maximum Gasteiger partial charge on any atom is 0.224 e. The Morgan fingerprint density at radius 2 is 2.20 bits per heavy atom.